The SMILES string of the molecule is CCNC[C@H]1CN(c2c(F)c(N)c3c(=O)c(C(=O)O)cn(C4CC4)c3c2F)C[C@H]1CC. The van der Waals surface area contributed by atoms with Crippen LogP contribution in [0.25, 0.3) is 10.9 Å². The number of nitrogen functional groups attached to an aromatic ring is 1. The largest absolute Gasteiger partial charge is 0.477 e. The molecule has 2 fully saturated rings. The second kappa shape index (κ2) is 8.11. The zero-order valence-electron chi connectivity index (χ0n) is 17.8. The van der Waals surface area contributed by atoms with Crippen molar-refractivity contribution >= 4 is 28.2 Å². The molecule has 0 spiro atoms. The highest BCUT2D eigenvalue weighted by Crippen LogP contribution is 2.43. The number of aromatic carboxylic acids is 1. The van der Waals surface area contributed by atoms with Crippen molar-refractivity contribution < 1.29 is 18.7 Å². The molecule has 1 aromatic heterocycles. The molecule has 4 N–H and O–H groups in total. The normalized spacial score (nSPS) is 21.2. The second-order valence-corrected chi connectivity index (χ2v) is 8.57. The number of carbonyl (C=O) groups is 1. The van der Waals surface area contributed by atoms with E-state index in [2.05, 4.69) is 12.2 Å². The molecule has 1 saturated heterocycles. The van der Waals surface area contributed by atoms with Crippen LogP contribution in [0.5, 0.6) is 0 Å². The summed E-state index contributed by atoms with van der Waals surface area (Å²) in [6, 6.07) is -0.128. The highest BCUT2D eigenvalue weighted by Gasteiger charge is 2.37. The smallest absolute Gasteiger partial charge is 0.341 e. The van der Waals surface area contributed by atoms with E-state index in [4.69, 9.17) is 5.73 Å². The topological polar surface area (TPSA) is 101 Å². The van der Waals surface area contributed by atoms with Gasteiger partial charge in [0.25, 0.3) is 0 Å². The Bertz CT molecular complexity index is 1100. The lowest BCUT2D eigenvalue weighted by Gasteiger charge is -2.24. The molecular weight excluding hydrogens is 406 g/mol. The number of hydrogen-bond donors (Lipinski definition) is 3. The number of nitrogens with one attached hydrogen (secondary N) is 1. The lowest BCUT2D eigenvalue weighted by atomic mass is 9.94. The molecule has 0 unspecified atom stereocenters. The van der Waals surface area contributed by atoms with Gasteiger partial charge in [-0.25, -0.2) is 13.6 Å². The van der Waals surface area contributed by atoms with Gasteiger partial charge in [-0.05, 0) is 37.8 Å². The van der Waals surface area contributed by atoms with Crippen LogP contribution in [0.15, 0.2) is 11.0 Å². The zero-order valence-corrected chi connectivity index (χ0v) is 17.8. The zero-order chi connectivity index (χ0) is 22.4. The molecule has 0 amide bonds. The first-order chi connectivity index (χ1) is 14.8. The molecule has 1 aliphatic heterocycles. The average molecular weight is 434 g/mol. The van der Waals surface area contributed by atoms with Crippen LogP contribution >= 0.6 is 0 Å². The molecule has 2 heterocycles. The maximum absolute atomic E-state index is 15.9. The van der Waals surface area contributed by atoms with Gasteiger partial charge in [-0.3, -0.25) is 4.79 Å². The fraction of sp³-hybridized carbons (Fsp3) is 0.545. The molecule has 1 aliphatic carbocycles. The first kappa shape index (κ1) is 21.5. The van der Waals surface area contributed by atoms with Gasteiger partial charge in [0.15, 0.2) is 11.6 Å². The van der Waals surface area contributed by atoms with Gasteiger partial charge in [0.2, 0.25) is 5.43 Å². The Kier molecular flexibility index (Phi) is 5.63. The Labute approximate surface area is 178 Å². The quantitative estimate of drug-likeness (QED) is 0.580. The molecule has 7 nitrogen and oxygen atoms in total. The van der Waals surface area contributed by atoms with E-state index in [1.54, 1.807) is 4.90 Å². The van der Waals surface area contributed by atoms with Gasteiger partial charge in [0, 0.05) is 25.3 Å². The molecule has 31 heavy (non-hydrogen) atoms. The number of carboxylic acids is 1. The highest BCUT2D eigenvalue weighted by molar-refractivity contribution is 5.99. The van der Waals surface area contributed by atoms with Crippen molar-refractivity contribution in [1.29, 1.82) is 0 Å². The van der Waals surface area contributed by atoms with Gasteiger partial charge >= 0.3 is 5.97 Å². The van der Waals surface area contributed by atoms with Crippen molar-refractivity contribution in [2.24, 2.45) is 11.8 Å². The van der Waals surface area contributed by atoms with Gasteiger partial charge in [-0.1, -0.05) is 20.3 Å². The van der Waals surface area contributed by atoms with E-state index >= 15 is 8.78 Å². The second-order valence-electron chi connectivity index (χ2n) is 8.57. The summed E-state index contributed by atoms with van der Waals surface area (Å²) in [5.74, 6) is -2.77. The maximum Gasteiger partial charge on any atom is 0.341 e. The van der Waals surface area contributed by atoms with Crippen molar-refractivity contribution in [1.82, 2.24) is 9.88 Å². The lowest BCUT2D eigenvalue weighted by Crippen LogP contribution is -2.29. The molecule has 0 bridgehead atoms. The fourth-order valence-corrected chi connectivity index (χ4v) is 4.77. The molecule has 168 valence electrons. The lowest BCUT2D eigenvalue weighted by molar-refractivity contribution is 0.0695. The Hall–Kier alpha value is -2.68. The number of pyridine rings is 1. The Morgan fingerprint density at radius 1 is 1.23 bits per heavy atom. The van der Waals surface area contributed by atoms with E-state index in [0.717, 1.165) is 32.4 Å². The monoisotopic (exact) mass is 434 g/mol. The molecule has 4 rings (SSSR count). The summed E-state index contributed by atoms with van der Waals surface area (Å²) in [4.78, 5) is 26.0. The summed E-state index contributed by atoms with van der Waals surface area (Å²) in [5.41, 5.74) is 3.71. The van der Waals surface area contributed by atoms with Crippen molar-refractivity contribution in [3.63, 3.8) is 0 Å². The van der Waals surface area contributed by atoms with Crippen LogP contribution in [0.3, 0.4) is 0 Å². The van der Waals surface area contributed by atoms with Gasteiger partial charge in [-0.2, -0.15) is 0 Å². The van der Waals surface area contributed by atoms with Crippen LogP contribution in [-0.2, 0) is 0 Å². The summed E-state index contributed by atoms with van der Waals surface area (Å²) in [5, 5.41) is 12.3. The van der Waals surface area contributed by atoms with Crippen LogP contribution in [0.1, 0.15) is 49.5 Å². The molecule has 2 aliphatic rings. The van der Waals surface area contributed by atoms with E-state index in [1.807, 2.05) is 6.92 Å². The highest BCUT2D eigenvalue weighted by atomic mass is 19.1. The number of fused-ring (bicyclic) bond motifs is 1. The minimum absolute atomic E-state index is 0.102. The van der Waals surface area contributed by atoms with Crippen molar-refractivity contribution in [3.8, 4) is 0 Å². The first-order valence-corrected chi connectivity index (χ1v) is 10.8. The predicted molar refractivity (Wildman–Crippen MR) is 116 cm³/mol. The number of aromatic nitrogens is 1. The Balaban J connectivity index is 1.91. The number of rotatable bonds is 7. The average Bonchev–Trinajstić information content (AvgIpc) is 3.50. The van der Waals surface area contributed by atoms with E-state index in [1.165, 1.54) is 10.8 Å². The summed E-state index contributed by atoms with van der Waals surface area (Å²) < 4.78 is 32.7. The summed E-state index contributed by atoms with van der Waals surface area (Å²) >= 11 is 0. The number of halogens is 2. The predicted octanol–water partition coefficient (Wildman–Crippen LogP) is 2.97. The van der Waals surface area contributed by atoms with Crippen molar-refractivity contribution in [2.45, 2.75) is 39.2 Å². The molecule has 1 aromatic carbocycles. The minimum atomic E-state index is -1.44. The van der Waals surface area contributed by atoms with Crippen LogP contribution in [0.2, 0.25) is 0 Å². The third kappa shape index (κ3) is 3.54. The number of hydrogen-bond acceptors (Lipinski definition) is 5. The first-order valence-electron chi connectivity index (χ1n) is 10.8. The van der Waals surface area contributed by atoms with Gasteiger partial charge in [-0.15, -0.1) is 0 Å². The van der Waals surface area contributed by atoms with Crippen LogP contribution < -0.4 is 21.4 Å². The Morgan fingerprint density at radius 3 is 2.48 bits per heavy atom. The van der Waals surface area contributed by atoms with E-state index in [0.29, 0.717) is 13.1 Å². The summed E-state index contributed by atoms with van der Waals surface area (Å²) in [7, 11) is 0. The van der Waals surface area contributed by atoms with Gasteiger partial charge in [0.05, 0.1) is 16.6 Å². The summed E-state index contributed by atoms with van der Waals surface area (Å²) in [6.45, 7) is 6.62. The number of nitrogens with two attached hydrogens (primary N) is 1. The fourth-order valence-electron chi connectivity index (χ4n) is 4.77. The standard InChI is InChI=1S/C22H28F2N4O3/c1-3-11-8-27(9-12(11)7-26-4-2)20-16(23)18(25)15-19(17(20)24)28(13-5-6-13)10-14(21(15)29)22(30)31/h10-13,26H,3-9,25H2,1-2H3,(H,30,31)/t11-,12+/m1/s1. The number of benzene rings is 1. The number of nitrogens with zero attached hydrogens (tertiary/aromatic N) is 2. The van der Waals surface area contributed by atoms with Crippen LogP contribution in [0, 0.1) is 23.5 Å². The maximum atomic E-state index is 15.9. The minimum Gasteiger partial charge on any atom is -0.477 e. The van der Waals surface area contributed by atoms with Crippen molar-refractivity contribution in [2.75, 3.05) is 36.8 Å². The molecule has 0 radical (unpaired) electrons. The molecular formula is C22H28F2N4O3. The number of anilines is 2. The van der Waals surface area contributed by atoms with E-state index in [-0.39, 0.29) is 34.5 Å². The third-order valence-electron chi connectivity index (χ3n) is 6.61. The molecule has 2 aromatic rings. The van der Waals surface area contributed by atoms with E-state index < -0.39 is 34.3 Å². The molecule has 2 atom stereocenters. The molecule has 1 saturated carbocycles. The van der Waals surface area contributed by atoms with Crippen molar-refractivity contribution in [3.05, 3.63) is 33.6 Å². The Morgan fingerprint density at radius 2 is 1.90 bits per heavy atom. The summed E-state index contributed by atoms with van der Waals surface area (Å²) in [6.07, 6.45) is 3.51. The van der Waals surface area contributed by atoms with E-state index in [9.17, 15) is 14.7 Å². The van der Waals surface area contributed by atoms with Crippen LogP contribution in [0.4, 0.5) is 20.2 Å². The van der Waals surface area contributed by atoms with Gasteiger partial charge < -0.3 is 25.6 Å². The third-order valence-corrected chi connectivity index (χ3v) is 6.61. The number of carboxylic acid groups (broad SMARTS) is 1. The molecule has 9 heteroatoms. The van der Waals surface area contributed by atoms with Crippen LogP contribution in [-0.4, -0.2) is 41.8 Å². The van der Waals surface area contributed by atoms with Gasteiger partial charge in [0.1, 0.15) is 11.3 Å².